The summed E-state index contributed by atoms with van der Waals surface area (Å²) in [4.78, 5) is 45.3. The van der Waals surface area contributed by atoms with E-state index in [1.807, 2.05) is 36.4 Å². The Labute approximate surface area is 216 Å². The number of amides is 2. The number of hydrogen-bond acceptors (Lipinski definition) is 5. The molecule has 0 atom stereocenters. The second-order valence-corrected chi connectivity index (χ2v) is 8.31. The topological polar surface area (TPSA) is 90.9 Å². The van der Waals surface area contributed by atoms with E-state index in [0.29, 0.717) is 22.5 Å². The molecule has 0 aromatic heterocycles. The molecule has 4 rings (SSSR count). The summed E-state index contributed by atoms with van der Waals surface area (Å²) in [6, 6.07) is 25.1. The summed E-state index contributed by atoms with van der Waals surface area (Å²) >= 11 is 0. The van der Waals surface area contributed by atoms with E-state index in [1.54, 1.807) is 48.5 Å². The molecule has 3 aromatic rings. The lowest BCUT2D eigenvalue weighted by atomic mass is 10.0. The average Bonchev–Trinajstić information content (AvgIpc) is 2.93. The number of benzene rings is 3. The van der Waals surface area contributed by atoms with E-state index in [9.17, 15) is 14.4 Å². The van der Waals surface area contributed by atoms with Gasteiger partial charge in [-0.2, -0.15) is 0 Å². The van der Waals surface area contributed by atoms with Gasteiger partial charge in [-0.05, 0) is 68.5 Å². The standard InChI is InChI=1S/C30H28N4O3/c1-3-34(4-2)24-17-15-23(16-18-24)31-25-19-27(33-30(37)22-13-9-6-10-14-22)28(35)20-26(25)32-29(36)21-11-7-5-8-12-21/h5-20H,3-4H2,1-2H3,(H,32,36)(H,33,37). The molecule has 7 heteroatoms. The second-order valence-electron chi connectivity index (χ2n) is 8.31. The quantitative estimate of drug-likeness (QED) is 0.441. The molecule has 2 N–H and O–H groups in total. The van der Waals surface area contributed by atoms with E-state index in [2.05, 4.69) is 29.4 Å². The van der Waals surface area contributed by atoms with E-state index in [-0.39, 0.29) is 17.3 Å². The highest BCUT2D eigenvalue weighted by Crippen LogP contribution is 2.22. The van der Waals surface area contributed by atoms with Crippen molar-refractivity contribution in [3.05, 3.63) is 120 Å². The smallest absolute Gasteiger partial charge is 0.255 e. The number of nitrogens with one attached hydrogen (secondary N) is 2. The lowest BCUT2D eigenvalue weighted by molar-refractivity contribution is -0.111. The van der Waals surface area contributed by atoms with Crippen molar-refractivity contribution in [3.63, 3.8) is 0 Å². The molecule has 0 fully saturated rings. The van der Waals surface area contributed by atoms with Crippen LogP contribution in [0.4, 0.5) is 11.4 Å². The third-order valence-electron chi connectivity index (χ3n) is 5.89. The molecule has 0 spiro atoms. The average molecular weight is 493 g/mol. The molecule has 1 aliphatic carbocycles. The maximum Gasteiger partial charge on any atom is 0.255 e. The van der Waals surface area contributed by atoms with Gasteiger partial charge in [0.1, 0.15) is 0 Å². The van der Waals surface area contributed by atoms with Gasteiger partial charge < -0.3 is 15.5 Å². The number of rotatable bonds is 8. The van der Waals surface area contributed by atoms with Crippen LogP contribution >= 0.6 is 0 Å². The van der Waals surface area contributed by atoms with Crippen LogP contribution in [0.3, 0.4) is 0 Å². The minimum absolute atomic E-state index is 0.0741. The number of nitrogens with zero attached hydrogens (tertiary/aromatic N) is 2. The predicted octanol–water partition coefficient (Wildman–Crippen LogP) is 4.82. The van der Waals surface area contributed by atoms with Crippen LogP contribution in [-0.4, -0.2) is 36.4 Å². The zero-order chi connectivity index (χ0) is 26.2. The Morgan fingerprint density at radius 2 is 1.22 bits per heavy atom. The third kappa shape index (κ3) is 6.27. The van der Waals surface area contributed by atoms with Crippen LogP contribution in [0.5, 0.6) is 0 Å². The Morgan fingerprint density at radius 3 is 1.73 bits per heavy atom. The first-order chi connectivity index (χ1) is 18.0. The molecule has 0 unspecified atom stereocenters. The van der Waals surface area contributed by atoms with Crippen molar-refractivity contribution < 1.29 is 14.4 Å². The number of aliphatic imine (C=N–C) groups is 1. The molecule has 0 bridgehead atoms. The van der Waals surface area contributed by atoms with E-state index < -0.39 is 11.7 Å². The fraction of sp³-hybridized carbons (Fsp3) is 0.133. The first-order valence-corrected chi connectivity index (χ1v) is 12.1. The van der Waals surface area contributed by atoms with Crippen LogP contribution in [0.25, 0.3) is 0 Å². The summed E-state index contributed by atoms with van der Waals surface area (Å²) in [7, 11) is 0. The number of carbonyl (C=O) groups excluding carboxylic acids is 3. The summed E-state index contributed by atoms with van der Waals surface area (Å²) < 4.78 is 0. The Balaban J connectivity index is 1.65. The van der Waals surface area contributed by atoms with Crippen LogP contribution < -0.4 is 15.5 Å². The number of allylic oxidation sites excluding steroid dienone is 2. The molecule has 37 heavy (non-hydrogen) atoms. The zero-order valence-electron chi connectivity index (χ0n) is 20.8. The highest BCUT2D eigenvalue weighted by Gasteiger charge is 2.23. The van der Waals surface area contributed by atoms with Gasteiger partial charge in [-0.25, -0.2) is 4.99 Å². The van der Waals surface area contributed by atoms with Gasteiger partial charge in [-0.3, -0.25) is 14.4 Å². The highest BCUT2D eigenvalue weighted by atomic mass is 16.2. The van der Waals surface area contributed by atoms with Crippen LogP contribution in [0, 0.1) is 0 Å². The van der Waals surface area contributed by atoms with Gasteiger partial charge in [0.05, 0.1) is 22.8 Å². The van der Waals surface area contributed by atoms with Gasteiger partial charge in [-0.1, -0.05) is 36.4 Å². The van der Waals surface area contributed by atoms with Crippen molar-refractivity contribution in [2.75, 3.05) is 18.0 Å². The van der Waals surface area contributed by atoms with Gasteiger partial charge in [0, 0.05) is 36.0 Å². The summed E-state index contributed by atoms with van der Waals surface area (Å²) in [5.74, 6) is -1.22. The maximum atomic E-state index is 12.9. The lowest BCUT2D eigenvalue weighted by Gasteiger charge is -2.21. The monoisotopic (exact) mass is 492 g/mol. The summed E-state index contributed by atoms with van der Waals surface area (Å²) in [5, 5.41) is 5.47. The van der Waals surface area contributed by atoms with E-state index in [4.69, 9.17) is 4.99 Å². The molecule has 0 radical (unpaired) electrons. The van der Waals surface area contributed by atoms with E-state index in [0.717, 1.165) is 18.8 Å². The molecule has 0 saturated carbocycles. The molecular weight excluding hydrogens is 464 g/mol. The van der Waals surface area contributed by atoms with Gasteiger partial charge in [0.2, 0.25) is 5.78 Å². The Hall–Kier alpha value is -4.78. The van der Waals surface area contributed by atoms with Crippen molar-refractivity contribution >= 4 is 34.7 Å². The Kier molecular flexibility index (Phi) is 8.05. The summed E-state index contributed by atoms with van der Waals surface area (Å²) in [5.41, 5.74) is 3.27. The molecule has 7 nitrogen and oxygen atoms in total. The molecule has 1 aliphatic rings. The minimum atomic E-state index is -0.441. The first kappa shape index (κ1) is 25.3. The molecule has 3 aromatic carbocycles. The van der Waals surface area contributed by atoms with Crippen molar-refractivity contribution in [3.8, 4) is 0 Å². The van der Waals surface area contributed by atoms with Gasteiger partial charge >= 0.3 is 0 Å². The third-order valence-corrected chi connectivity index (χ3v) is 5.89. The van der Waals surface area contributed by atoms with Gasteiger partial charge in [0.15, 0.2) is 0 Å². The second kappa shape index (κ2) is 11.8. The lowest BCUT2D eigenvalue weighted by Crippen LogP contribution is -2.34. The van der Waals surface area contributed by atoms with Crippen molar-refractivity contribution in [2.24, 2.45) is 4.99 Å². The number of hydrogen-bond donors (Lipinski definition) is 2. The number of carbonyl (C=O) groups is 3. The van der Waals surface area contributed by atoms with Crippen molar-refractivity contribution in [1.82, 2.24) is 10.6 Å². The fourth-order valence-corrected chi connectivity index (χ4v) is 3.89. The normalized spacial score (nSPS) is 14.0. The van der Waals surface area contributed by atoms with Crippen LogP contribution in [0.1, 0.15) is 34.6 Å². The minimum Gasteiger partial charge on any atom is -0.372 e. The molecule has 0 aliphatic heterocycles. The number of anilines is 1. The van der Waals surface area contributed by atoms with E-state index >= 15 is 0 Å². The predicted molar refractivity (Wildman–Crippen MR) is 146 cm³/mol. The fourth-order valence-electron chi connectivity index (χ4n) is 3.89. The molecule has 2 amide bonds. The highest BCUT2D eigenvalue weighted by molar-refractivity contribution is 6.24. The van der Waals surface area contributed by atoms with E-state index in [1.165, 1.54) is 12.2 Å². The molecule has 186 valence electrons. The van der Waals surface area contributed by atoms with Crippen molar-refractivity contribution in [1.29, 1.82) is 0 Å². The van der Waals surface area contributed by atoms with Crippen LogP contribution in [0.2, 0.25) is 0 Å². The van der Waals surface area contributed by atoms with Gasteiger partial charge in [-0.15, -0.1) is 0 Å². The first-order valence-electron chi connectivity index (χ1n) is 12.1. The summed E-state index contributed by atoms with van der Waals surface area (Å²) in [6.07, 6.45) is 2.77. The maximum absolute atomic E-state index is 12.9. The Bertz CT molecular complexity index is 1370. The van der Waals surface area contributed by atoms with Crippen molar-refractivity contribution in [2.45, 2.75) is 13.8 Å². The largest absolute Gasteiger partial charge is 0.372 e. The summed E-state index contributed by atoms with van der Waals surface area (Å²) in [6.45, 7) is 5.97. The Morgan fingerprint density at radius 1 is 0.703 bits per heavy atom. The van der Waals surface area contributed by atoms with Crippen LogP contribution in [-0.2, 0) is 4.79 Å². The molecular formula is C30H28N4O3. The zero-order valence-corrected chi connectivity index (χ0v) is 20.8. The SMILES string of the molecule is CCN(CC)c1ccc(N=C2C=C(NC(=O)c3ccccc3)C(=O)C=C2NC(=O)c2ccccc2)cc1. The molecule has 0 heterocycles. The molecule has 0 saturated heterocycles. The van der Waals surface area contributed by atoms with Gasteiger partial charge in [0.25, 0.3) is 11.8 Å². The van der Waals surface area contributed by atoms with Crippen LogP contribution in [0.15, 0.2) is 113 Å². The number of ketones is 1.